The highest BCUT2D eigenvalue weighted by Crippen LogP contribution is 2.16. The first-order valence-corrected chi connectivity index (χ1v) is 10.1. The van der Waals surface area contributed by atoms with Crippen LogP contribution in [0.1, 0.15) is 33.1 Å². The highest BCUT2D eigenvalue weighted by molar-refractivity contribution is 7.90. The largest absolute Gasteiger partial charge is 0.452 e. The average molecular weight is 393 g/mol. The van der Waals surface area contributed by atoms with Crippen molar-refractivity contribution in [3.05, 3.63) is 35.9 Å². The number of carbonyl (C=O) groups excluding carboxylic acids is 2. The van der Waals surface area contributed by atoms with Crippen molar-refractivity contribution in [2.75, 3.05) is 18.5 Å². The molecule has 2 rings (SSSR count). The molecule has 1 aromatic rings. The molecule has 0 aromatic heterocycles. The maximum Gasteiger partial charge on any atom is 0.333 e. The molecular weight excluding hydrogens is 370 g/mol. The number of ether oxygens (including phenoxy) is 1. The van der Waals surface area contributed by atoms with Gasteiger partial charge in [-0.05, 0) is 38.0 Å². The lowest BCUT2D eigenvalue weighted by atomic mass is 10.2. The molecule has 1 aliphatic rings. The molecule has 146 valence electrons. The van der Waals surface area contributed by atoms with Crippen molar-refractivity contribution >= 4 is 33.4 Å². The fourth-order valence-corrected chi connectivity index (χ4v) is 3.54. The maximum absolute atomic E-state index is 12.4. The molecule has 0 saturated heterocycles. The number of amides is 1. The number of hydrogen-bond donors (Lipinski definition) is 2. The predicted octanol–water partition coefficient (Wildman–Crippen LogP) is 2.00. The lowest BCUT2D eigenvalue weighted by molar-refractivity contribution is -0.143. The molecule has 0 saturated carbocycles. The summed E-state index contributed by atoms with van der Waals surface area (Å²) in [5.41, 5.74) is 0.715. The van der Waals surface area contributed by atoms with E-state index in [1.54, 1.807) is 19.1 Å². The molecule has 1 heterocycles. The number of anilines is 1. The Balaban J connectivity index is 1.97. The zero-order valence-corrected chi connectivity index (χ0v) is 16.1. The number of nitrogens with zero attached hydrogens (tertiary/aromatic N) is 1. The van der Waals surface area contributed by atoms with Crippen molar-refractivity contribution in [2.45, 2.75) is 38.0 Å². The van der Waals surface area contributed by atoms with Crippen LogP contribution >= 0.6 is 0 Å². The average Bonchev–Trinajstić information content (AvgIpc) is 3.12. The molecule has 27 heavy (non-hydrogen) atoms. The third kappa shape index (κ3) is 6.21. The second kappa shape index (κ2) is 9.31. The number of rotatable bonds is 7. The summed E-state index contributed by atoms with van der Waals surface area (Å²) in [5, 5.41) is 2.52. The molecule has 9 heteroatoms. The topological polar surface area (TPSA) is 114 Å². The highest BCUT2D eigenvalue weighted by Gasteiger charge is 2.19. The van der Waals surface area contributed by atoms with Gasteiger partial charge in [-0.1, -0.05) is 19.1 Å². The summed E-state index contributed by atoms with van der Waals surface area (Å²) in [5.74, 6) is -0.688. The van der Waals surface area contributed by atoms with Crippen molar-refractivity contribution in [2.24, 2.45) is 4.99 Å². The Hall–Kier alpha value is -2.68. The van der Waals surface area contributed by atoms with Crippen molar-refractivity contribution in [3.63, 3.8) is 0 Å². The van der Waals surface area contributed by atoms with Crippen LogP contribution in [-0.4, -0.2) is 39.3 Å². The number of allylic oxidation sites excluding steroid dienone is 1. The van der Waals surface area contributed by atoms with Gasteiger partial charge in [-0.2, -0.15) is 0 Å². The minimum atomic E-state index is -3.77. The number of sulfonamides is 1. The van der Waals surface area contributed by atoms with Crippen LogP contribution in [0.25, 0.3) is 0 Å². The minimum absolute atomic E-state index is 0.00798. The molecule has 1 aliphatic heterocycles. The van der Waals surface area contributed by atoms with Gasteiger partial charge in [-0.15, -0.1) is 0 Å². The van der Waals surface area contributed by atoms with E-state index in [-0.39, 0.29) is 10.6 Å². The Morgan fingerprint density at radius 1 is 1.33 bits per heavy atom. The number of esters is 1. The standard InChI is InChI=1S/C18H23N3O5S/c1-3-6-13(2)18(23)26-12-17(22)20-14-7-4-8-15(11-14)27(24,25)21-16-9-5-10-19-16/h4,6-8,11H,3,5,9-10,12H2,1-2H3,(H,19,21)(H,20,22)/b13-6+. The monoisotopic (exact) mass is 393 g/mol. The van der Waals surface area contributed by atoms with Crippen LogP contribution in [0.3, 0.4) is 0 Å². The molecule has 0 aliphatic carbocycles. The summed E-state index contributed by atoms with van der Waals surface area (Å²) in [7, 11) is -3.77. The summed E-state index contributed by atoms with van der Waals surface area (Å²) < 4.78 is 32.2. The molecule has 2 N–H and O–H groups in total. The van der Waals surface area contributed by atoms with E-state index < -0.39 is 28.5 Å². The van der Waals surface area contributed by atoms with E-state index in [1.165, 1.54) is 18.2 Å². The van der Waals surface area contributed by atoms with Crippen molar-refractivity contribution in [1.82, 2.24) is 4.72 Å². The lowest BCUT2D eigenvalue weighted by Crippen LogP contribution is -2.29. The van der Waals surface area contributed by atoms with Gasteiger partial charge in [0.15, 0.2) is 6.61 Å². The molecule has 1 amide bonds. The Labute approximate surface area is 158 Å². The molecule has 0 fully saturated rings. The van der Waals surface area contributed by atoms with Crippen LogP contribution in [0.15, 0.2) is 45.8 Å². The number of nitrogens with one attached hydrogen (secondary N) is 2. The zero-order chi connectivity index (χ0) is 19.9. The van der Waals surface area contributed by atoms with Gasteiger partial charge in [0.05, 0.1) is 4.90 Å². The van der Waals surface area contributed by atoms with E-state index in [4.69, 9.17) is 4.74 Å². The first kappa shape index (κ1) is 20.6. The van der Waals surface area contributed by atoms with Crippen LogP contribution in [0.5, 0.6) is 0 Å². The van der Waals surface area contributed by atoms with E-state index in [9.17, 15) is 18.0 Å². The Morgan fingerprint density at radius 2 is 2.11 bits per heavy atom. The van der Waals surface area contributed by atoms with Crippen molar-refractivity contribution in [1.29, 1.82) is 0 Å². The summed E-state index contributed by atoms with van der Waals surface area (Å²) >= 11 is 0. The third-order valence-electron chi connectivity index (χ3n) is 3.72. The van der Waals surface area contributed by atoms with Gasteiger partial charge in [0, 0.05) is 24.2 Å². The first-order valence-electron chi connectivity index (χ1n) is 8.61. The predicted molar refractivity (Wildman–Crippen MR) is 102 cm³/mol. The SMILES string of the molecule is CC/C=C(\C)C(=O)OCC(=O)Nc1cccc(S(=O)(=O)NC2=NCCC2)c1. The maximum atomic E-state index is 12.4. The van der Waals surface area contributed by atoms with Gasteiger partial charge in [-0.25, -0.2) is 13.2 Å². The first-order chi connectivity index (χ1) is 12.8. The van der Waals surface area contributed by atoms with E-state index >= 15 is 0 Å². The van der Waals surface area contributed by atoms with Gasteiger partial charge in [0.1, 0.15) is 5.84 Å². The van der Waals surface area contributed by atoms with Gasteiger partial charge >= 0.3 is 5.97 Å². The van der Waals surface area contributed by atoms with E-state index in [0.29, 0.717) is 30.8 Å². The normalized spacial score (nSPS) is 14.4. The quantitative estimate of drug-likeness (QED) is 0.543. The van der Waals surface area contributed by atoms with Crippen molar-refractivity contribution in [3.8, 4) is 0 Å². The van der Waals surface area contributed by atoms with Gasteiger partial charge in [-0.3, -0.25) is 14.5 Å². The Morgan fingerprint density at radius 3 is 2.78 bits per heavy atom. The van der Waals surface area contributed by atoms with Gasteiger partial charge < -0.3 is 10.1 Å². The number of hydrogen-bond acceptors (Lipinski definition) is 6. The lowest BCUT2D eigenvalue weighted by Gasteiger charge is -2.10. The second-order valence-electron chi connectivity index (χ2n) is 5.98. The molecule has 0 spiro atoms. The molecule has 0 unspecified atom stereocenters. The number of amidine groups is 1. The van der Waals surface area contributed by atoms with E-state index in [0.717, 1.165) is 6.42 Å². The smallest absolute Gasteiger partial charge is 0.333 e. The fraction of sp³-hybridized carbons (Fsp3) is 0.389. The summed E-state index contributed by atoms with van der Waals surface area (Å²) in [6.45, 7) is 3.65. The third-order valence-corrected chi connectivity index (χ3v) is 5.10. The second-order valence-corrected chi connectivity index (χ2v) is 7.67. The Kier molecular flexibility index (Phi) is 7.12. The Bertz CT molecular complexity index is 875. The number of aliphatic imine (C=N–C) groups is 1. The molecule has 0 radical (unpaired) electrons. The number of benzene rings is 1. The molecule has 8 nitrogen and oxygen atoms in total. The molecule has 0 atom stereocenters. The van der Waals surface area contributed by atoms with Crippen LogP contribution < -0.4 is 10.0 Å². The molecular formula is C18H23N3O5S. The zero-order valence-electron chi connectivity index (χ0n) is 15.3. The summed E-state index contributed by atoms with van der Waals surface area (Å²) in [6, 6.07) is 5.82. The fourth-order valence-electron chi connectivity index (χ4n) is 2.41. The number of carbonyl (C=O) groups is 2. The summed E-state index contributed by atoms with van der Waals surface area (Å²) in [4.78, 5) is 27.7. The van der Waals surface area contributed by atoms with Crippen molar-refractivity contribution < 1.29 is 22.7 Å². The van der Waals surface area contributed by atoms with Crippen LogP contribution in [-0.2, 0) is 24.3 Å². The van der Waals surface area contributed by atoms with E-state index in [1.807, 2.05) is 6.92 Å². The minimum Gasteiger partial charge on any atom is -0.452 e. The van der Waals surface area contributed by atoms with Crippen LogP contribution in [0, 0.1) is 0 Å². The summed E-state index contributed by atoms with van der Waals surface area (Å²) in [6.07, 6.45) is 3.80. The van der Waals surface area contributed by atoms with E-state index in [2.05, 4.69) is 15.0 Å². The van der Waals surface area contributed by atoms with Crippen LogP contribution in [0.4, 0.5) is 5.69 Å². The molecule has 1 aromatic carbocycles. The van der Waals surface area contributed by atoms with Gasteiger partial charge in [0.2, 0.25) is 0 Å². The molecule has 0 bridgehead atoms. The highest BCUT2D eigenvalue weighted by atomic mass is 32.2. The van der Waals surface area contributed by atoms with Crippen LogP contribution in [0.2, 0.25) is 0 Å². The van der Waals surface area contributed by atoms with Gasteiger partial charge in [0.25, 0.3) is 15.9 Å².